The first kappa shape index (κ1) is 26.2. The third-order valence-electron chi connectivity index (χ3n) is 6.46. The monoisotopic (exact) mass is 482 g/mol. The zero-order valence-electron chi connectivity index (χ0n) is 20.0. The van der Waals surface area contributed by atoms with Crippen LogP contribution in [-0.4, -0.2) is 54.0 Å². The first-order chi connectivity index (χ1) is 16.9. The lowest BCUT2D eigenvalue weighted by Crippen LogP contribution is -2.43. The van der Waals surface area contributed by atoms with Crippen LogP contribution in [0.5, 0.6) is 0 Å². The number of carboxylic acids is 1. The van der Waals surface area contributed by atoms with E-state index in [1.54, 1.807) is 0 Å². The zero-order chi connectivity index (χ0) is 25.2. The van der Waals surface area contributed by atoms with Gasteiger partial charge in [0.05, 0.1) is 6.61 Å². The highest BCUT2D eigenvalue weighted by Crippen LogP contribution is 2.44. The normalized spacial score (nSPS) is 13.9. The summed E-state index contributed by atoms with van der Waals surface area (Å²) in [6.07, 6.45) is 2.79. The minimum atomic E-state index is -1.29. The van der Waals surface area contributed by atoms with Crippen LogP contribution in [0, 0.1) is 5.92 Å². The van der Waals surface area contributed by atoms with E-state index < -0.39 is 30.6 Å². The van der Waals surface area contributed by atoms with Gasteiger partial charge in [-0.2, -0.15) is 0 Å². The van der Waals surface area contributed by atoms with E-state index in [9.17, 15) is 14.4 Å². The quantitative estimate of drug-likeness (QED) is 0.345. The van der Waals surface area contributed by atoms with E-state index in [1.165, 1.54) is 11.1 Å². The van der Waals surface area contributed by atoms with Gasteiger partial charge in [0.15, 0.2) is 0 Å². The van der Waals surface area contributed by atoms with Crippen LogP contribution < -0.4 is 10.6 Å². The zero-order valence-corrected chi connectivity index (χ0v) is 20.0. The number of alkyl carbamates (subject to hydrolysis) is 1. The summed E-state index contributed by atoms with van der Waals surface area (Å²) in [7, 11) is 0. The summed E-state index contributed by atoms with van der Waals surface area (Å²) in [6.45, 7) is 2.09. The fourth-order valence-corrected chi connectivity index (χ4v) is 4.66. The molecule has 0 aliphatic heterocycles. The smallest absolute Gasteiger partial charge is 0.407 e. The third-order valence-corrected chi connectivity index (χ3v) is 6.46. The Morgan fingerprint density at radius 2 is 1.60 bits per heavy atom. The molecule has 35 heavy (non-hydrogen) atoms. The molecule has 3 rings (SSSR count). The van der Waals surface area contributed by atoms with Crippen LogP contribution in [0.3, 0.4) is 0 Å². The molecule has 4 N–H and O–H groups in total. The lowest BCUT2D eigenvalue weighted by atomic mass is 9.94. The van der Waals surface area contributed by atoms with Gasteiger partial charge < -0.3 is 25.6 Å². The van der Waals surface area contributed by atoms with E-state index in [0.29, 0.717) is 19.4 Å². The lowest BCUT2D eigenvalue weighted by molar-refractivity contribution is -0.143. The van der Waals surface area contributed by atoms with E-state index >= 15 is 0 Å². The van der Waals surface area contributed by atoms with Gasteiger partial charge in [-0.05, 0) is 41.0 Å². The van der Waals surface area contributed by atoms with Crippen LogP contribution >= 0.6 is 0 Å². The van der Waals surface area contributed by atoms with Gasteiger partial charge in [0.2, 0.25) is 5.91 Å². The molecule has 0 radical (unpaired) electrons. The molecule has 0 saturated heterocycles. The highest BCUT2D eigenvalue weighted by molar-refractivity contribution is 5.83. The van der Waals surface area contributed by atoms with Crippen molar-refractivity contribution in [2.45, 2.75) is 51.0 Å². The molecule has 2 aromatic rings. The van der Waals surface area contributed by atoms with Gasteiger partial charge in [0.1, 0.15) is 12.6 Å². The average molecular weight is 483 g/mol. The molecule has 1 aliphatic carbocycles. The molecule has 2 aromatic carbocycles. The number of fused-ring (bicyclic) bond motifs is 3. The molecule has 1 aliphatic rings. The molecule has 2 atom stereocenters. The van der Waals surface area contributed by atoms with Crippen molar-refractivity contribution in [3.8, 4) is 11.1 Å². The molecule has 0 heterocycles. The Kier molecular flexibility index (Phi) is 9.66. The number of aliphatic hydroxyl groups is 1. The van der Waals surface area contributed by atoms with Crippen molar-refractivity contribution in [2.75, 3.05) is 19.8 Å². The summed E-state index contributed by atoms with van der Waals surface area (Å²) in [5.74, 6) is -1.46. The van der Waals surface area contributed by atoms with Crippen molar-refractivity contribution in [3.05, 3.63) is 59.7 Å². The number of hydrogen-bond donors (Lipinski definition) is 4. The predicted octanol–water partition coefficient (Wildman–Crippen LogP) is 3.67. The summed E-state index contributed by atoms with van der Waals surface area (Å²) in [4.78, 5) is 35.3. The Morgan fingerprint density at radius 1 is 0.971 bits per heavy atom. The standard InChI is InChI=1S/C27H34N2O6/c1-2-7-18(12-13-25(31)29-24(16-30)26(32)33)14-15-28-27(34)35-17-23-21-10-5-3-8-19(21)20-9-4-6-11-22(20)23/h3-6,8-11,18,23-24,30H,2,7,12-17H2,1H3,(H,28,34)(H,29,31)(H,32,33)/t18?,24-/m0/s1. The number of carboxylic acid groups (broad SMARTS) is 1. The van der Waals surface area contributed by atoms with Gasteiger partial charge in [0, 0.05) is 18.9 Å². The number of hydrogen-bond acceptors (Lipinski definition) is 5. The molecular formula is C27H34N2O6. The second kappa shape index (κ2) is 12.9. The van der Waals surface area contributed by atoms with Crippen LogP contribution in [0.4, 0.5) is 4.79 Å². The number of amides is 2. The van der Waals surface area contributed by atoms with Crippen molar-refractivity contribution >= 4 is 18.0 Å². The molecule has 0 saturated carbocycles. The fraction of sp³-hybridized carbons (Fsp3) is 0.444. The average Bonchev–Trinajstić information content (AvgIpc) is 3.18. The molecule has 0 bridgehead atoms. The van der Waals surface area contributed by atoms with Crippen molar-refractivity contribution < 1.29 is 29.3 Å². The minimum absolute atomic E-state index is 0.00745. The van der Waals surface area contributed by atoms with Gasteiger partial charge in [-0.1, -0.05) is 68.3 Å². The Hall–Kier alpha value is -3.39. The largest absolute Gasteiger partial charge is 0.480 e. The first-order valence-corrected chi connectivity index (χ1v) is 12.2. The SMILES string of the molecule is CCCC(CCNC(=O)OCC1c2ccccc2-c2ccccc21)CCC(=O)N[C@@H](CO)C(=O)O. The second-order valence-corrected chi connectivity index (χ2v) is 8.88. The van der Waals surface area contributed by atoms with E-state index in [-0.39, 0.29) is 24.9 Å². The highest BCUT2D eigenvalue weighted by Gasteiger charge is 2.29. The second-order valence-electron chi connectivity index (χ2n) is 8.88. The maximum Gasteiger partial charge on any atom is 0.407 e. The number of nitrogens with one attached hydrogen (secondary N) is 2. The van der Waals surface area contributed by atoms with Crippen LogP contribution in [0.1, 0.15) is 56.1 Å². The van der Waals surface area contributed by atoms with E-state index in [1.807, 2.05) is 24.3 Å². The third kappa shape index (κ3) is 7.05. The van der Waals surface area contributed by atoms with E-state index in [4.69, 9.17) is 14.9 Å². The number of carbonyl (C=O) groups is 3. The summed E-state index contributed by atoms with van der Waals surface area (Å²) < 4.78 is 5.56. The van der Waals surface area contributed by atoms with Crippen molar-refractivity contribution in [1.29, 1.82) is 0 Å². The van der Waals surface area contributed by atoms with Gasteiger partial charge in [-0.25, -0.2) is 9.59 Å². The van der Waals surface area contributed by atoms with Crippen molar-refractivity contribution in [3.63, 3.8) is 0 Å². The molecule has 0 fully saturated rings. The van der Waals surface area contributed by atoms with Gasteiger partial charge >= 0.3 is 12.1 Å². The summed E-state index contributed by atoms with van der Waals surface area (Å²) in [5.41, 5.74) is 4.68. The molecular weight excluding hydrogens is 448 g/mol. The van der Waals surface area contributed by atoms with Crippen molar-refractivity contribution in [2.24, 2.45) is 5.92 Å². The predicted molar refractivity (Wildman–Crippen MR) is 132 cm³/mol. The number of aliphatic hydroxyl groups excluding tert-OH is 1. The Labute approximate surface area is 205 Å². The minimum Gasteiger partial charge on any atom is -0.480 e. The number of benzene rings is 2. The molecule has 8 nitrogen and oxygen atoms in total. The maximum atomic E-state index is 12.4. The summed E-state index contributed by atoms with van der Waals surface area (Å²) in [5, 5.41) is 23.1. The Balaban J connectivity index is 1.43. The number of carbonyl (C=O) groups excluding carboxylic acids is 2. The number of aliphatic carboxylic acids is 1. The van der Waals surface area contributed by atoms with E-state index in [2.05, 4.69) is 41.8 Å². The number of rotatable bonds is 13. The Morgan fingerprint density at radius 3 is 2.17 bits per heavy atom. The van der Waals surface area contributed by atoms with Crippen LogP contribution in [0.25, 0.3) is 11.1 Å². The topological polar surface area (TPSA) is 125 Å². The van der Waals surface area contributed by atoms with Gasteiger partial charge in [-0.15, -0.1) is 0 Å². The van der Waals surface area contributed by atoms with Gasteiger partial charge in [0.25, 0.3) is 0 Å². The van der Waals surface area contributed by atoms with Crippen LogP contribution in [-0.2, 0) is 14.3 Å². The summed E-state index contributed by atoms with van der Waals surface area (Å²) >= 11 is 0. The number of ether oxygens (including phenoxy) is 1. The molecule has 8 heteroatoms. The first-order valence-electron chi connectivity index (χ1n) is 12.2. The fourth-order valence-electron chi connectivity index (χ4n) is 4.66. The lowest BCUT2D eigenvalue weighted by Gasteiger charge is -2.18. The van der Waals surface area contributed by atoms with Crippen molar-refractivity contribution in [1.82, 2.24) is 10.6 Å². The summed E-state index contributed by atoms with van der Waals surface area (Å²) in [6, 6.07) is 15.1. The molecule has 0 aromatic heterocycles. The van der Waals surface area contributed by atoms with Crippen LogP contribution in [0.2, 0.25) is 0 Å². The molecule has 2 amide bonds. The van der Waals surface area contributed by atoms with E-state index in [0.717, 1.165) is 24.0 Å². The van der Waals surface area contributed by atoms with Gasteiger partial charge in [-0.3, -0.25) is 4.79 Å². The molecule has 188 valence electrons. The van der Waals surface area contributed by atoms with Crippen LogP contribution in [0.15, 0.2) is 48.5 Å². The highest BCUT2D eigenvalue weighted by atomic mass is 16.5. The molecule has 0 spiro atoms. The molecule has 1 unspecified atom stereocenters. The Bertz CT molecular complexity index is 979. The maximum absolute atomic E-state index is 12.4.